The number of hydrogen-bond acceptors (Lipinski definition) is 7. The van der Waals surface area contributed by atoms with Crippen molar-refractivity contribution in [1.29, 1.82) is 0 Å². The topological polar surface area (TPSA) is 117 Å². The molecule has 0 amide bonds. The van der Waals surface area contributed by atoms with E-state index in [-0.39, 0.29) is 24.5 Å². The van der Waals surface area contributed by atoms with Crippen molar-refractivity contribution in [3.63, 3.8) is 0 Å². The first-order valence-corrected chi connectivity index (χ1v) is 12.9. The number of nitrogens with two attached hydrogens (primary N) is 1. The van der Waals surface area contributed by atoms with Crippen LogP contribution in [0.1, 0.15) is 49.9 Å². The van der Waals surface area contributed by atoms with Gasteiger partial charge < -0.3 is 19.9 Å². The van der Waals surface area contributed by atoms with Crippen LogP contribution >= 0.6 is 0 Å². The summed E-state index contributed by atoms with van der Waals surface area (Å²) in [5.74, 6) is 0.898. The van der Waals surface area contributed by atoms with Gasteiger partial charge in [-0.05, 0) is 51.7 Å². The molecule has 1 unspecified atom stereocenters. The predicted molar refractivity (Wildman–Crippen MR) is 143 cm³/mol. The van der Waals surface area contributed by atoms with Gasteiger partial charge in [0.15, 0.2) is 16.9 Å². The van der Waals surface area contributed by atoms with Gasteiger partial charge >= 0.3 is 5.69 Å². The van der Waals surface area contributed by atoms with Crippen molar-refractivity contribution in [3.8, 4) is 5.75 Å². The Morgan fingerprint density at radius 1 is 1.19 bits per heavy atom. The molecular weight excluding hydrogens is 472 g/mol. The number of carbonyl (C=O) groups is 1. The molecule has 37 heavy (non-hydrogen) atoms. The number of rotatable bonds is 8. The van der Waals surface area contributed by atoms with Gasteiger partial charge in [0, 0.05) is 38.3 Å². The fourth-order valence-electron chi connectivity index (χ4n) is 4.74. The number of Topliss-reactive ketones (excluding diaryl/α,β-unsaturated/α-hetero) is 1. The Morgan fingerprint density at radius 3 is 2.68 bits per heavy atom. The molecular formula is C27H34N6O4. The molecule has 3 aromatic rings. The van der Waals surface area contributed by atoms with Crippen LogP contribution in [0, 0.1) is 0 Å². The van der Waals surface area contributed by atoms with E-state index in [2.05, 4.69) is 4.90 Å². The van der Waals surface area contributed by atoms with Gasteiger partial charge in [-0.1, -0.05) is 23.8 Å². The SMILES string of the molecule is CC(C)=CCn1c(N2CCCC(N)C2)nc2c1c(=O)n(CC(=O)c1cccc(OC3CC3)c1)c(=O)n2C. The molecule has 0 bridgehead atoms. The van der Waals surface area contributed by atoms with E-state index in [0.717, 1.165) is 42.4 Å². The first-order chi connectivity index (χ1) is 17.7. The molecule has 2 aromatic heterocycles. The van der Waals surface area contributed by atoms with Crippen molar-refractivity contribution in [1.82, 2.24) is 18.7 Å². The summed E-state index contributed by atoms with van der Waals surface area (Å²) in [7, 11) is 1.58. The lowest BCUT2D eigenvalue weighted by atomic mass is 10.1. The monoisotopic (exact) mass is 506 g/mol. The highest BCUT2D eigenvalue weighted by Crippen LogP contribution is 2.27. The number of fused-ring (bicyclic) bond motifs is 1. The van der Waals surface area contributed by atoms with Crippen molar-refractivity contribution in [3.05, 3.63) is 62.3 Å². The fourth-order valence-corrected chi connectivity index (χ4v) is 4.74. The second-order valence-corrected chi connectivity index (χ2v) is 10.3. The van der Waals surface area contributed by atoms with Crippen LogP contribution < -0.4 is 26.6 Å². The predicted octanol–water partition coefficient (Wildman–Crippen LogP) is 2.21. The zero-order valence-corrected chi connectivity index (χ0v) is 21.6. The van der Waals surface area contributed by atoms with E-state index < -0.39 is 11.2 Å². The average Bonchev–Trinajstić information content (AvgIpc) is 3.60. The average molecular weight is 507 g/mol. The van der Waals surface area contributed by atoms with Crippen molar-refractivity contribution in [2.75, 3.05) is 18.0 Å². The Bertz CT molecular complexity index is 1490. The molecule has 1 aliphatic heterocycles. The Labute approximate surface area is 215 Å². The van der Waals surface area contributed by atoms with Gasteiger partial charge in [-0.25, -0.2) is 4.79 Å². The molecule has 1 atom stereocenters. The molecule has 1 aromatic carbocycles. The van der Waals surface area contributed by atoms with Crippen molar-refractivity contribution in [2.24, 2.45) is 12.8 Å². The summed E-state index contributed by atoms with van der Waals surface area (Å²) in [5.41, 5.74) is 7.21. The van der Waals surface area contributed by atoms with Crippen molar-refractivity contribution in [2.45, 2.75) is 64.8 Å². The smallest absolute Gasteiger partial charge is 0.332 e. The second-order valence-electron chi connectivity index (χ2n) is 10.3. The number of imidazole rings is 1. The maximum atomic E-state index is 13.8. The van der Waals surface area contributed by atoms with Gasteiger partial charge in [0.05, 0.1) is 12.6 Å². The molecule has 2 N–H and O–H groups in total. The number of ketones is 1. The maximum Gasteiger partial charge on any atom is 0.332 e. The van der Waals surface area contributed by atoms with Crippen LogP contribution in [0.5, 0.6) is 5.75 Å². The normalized spacial score (nSPS) is 17.7. The summed E-state index contributed by atoms with van der Waals surface area (Å²) < 4.78 is 10.00. The number of aromatic nitrogens is 4. The van der Waals surface area contributed by atoms with Crippen molar-refractivity contribution >= 4 is 22.9 Å². The first kappa shape index (κ1) is 25.0. The number of piperidine rings is 1. The van der Waals surface area contributed by atoms with Gasteiger partial charge in [0.25, 0.3) is 5.56 Å². The van der Waals surface area contributed by atoms with Crippen LogP contribution in [-0.2, 0) is 20.1 Å². The zero-order chi connectivity index (χ0) is 26.3. The third kappa shape index (κ3) is 5.11. The third-order valence-electron chi connectivity index (χ3n) is 6.92. The zero-order valence-electron chi connectivity index (χ0n) is 21.6. The molecule has 1 aliphatic carbocycles. The molecule has 10 nitrogen and oxygen atoms in total. The number of hydrogen-bond donors (Lipinski definition) is 1. The molecule has 0 spiro atoms. The minimum absolute atomic E-state index is 0.0169. The molecule has 3 heterocycles. The molecule has 10 heteroatoms. The quantitative estimate of drug-likeness (QED) is 0.368. The van der Waals surface area contributed by atoms with Gasteiger partial charge in [0.1, 0.15) is 5.75 Å². The minimum Gasteiger partial charge on any atom is -0.490 e. The largest absolute Gasteiger partial charge is 0.490 e. The highest BCUT2D eigenvalue weighted by Gasteiger charge is 2.27. The highest BCUT2D eigenvalue weighted by molar-refractivity contribution is 5.96. The molecule has 196 valence electrons. The van der Waals surface area contributed by atoms with Gasteiger partial charge in [-0.2, -0.15) is 4.98 Å². The lowest BCUT2D eigenvalue weighted by Crippen LogP contribution is -2.44. The van der Waals surface area contributed by atoms with Gasteiger partial charge in [-0.3, -0.25) is 18.7 Å². The first-order valence-electron chi connectivity index (χ1n) is 12.9. The summed E-state index contributed by atoms with van der Waals surface area (Å²) >= 11 is 0. The number of benzene rings is 1. The molecule has 0 radical (unpaired) electrons. The standard InChI is InChI=1S/C27H34N6O4/c1-17(2)11-13-32-23-24(29-26(32)31-12-5-7-19(28)15-31)30(3)27(36)33(25(23)35)16-22(34)18-6-4-8-21(14-18)37-20-9-10-20/h4,6,8,11,14,19-20H,5,7,9-10,12-13,15-16,28H2,1-3H3. The van der Waals surface area contributed by atoms with E-state index in [4.69, 9.17) is 15.5 Å². The summed E-state index contributed by atoms with van der Waals surface area (Å²) in [6, 6.07) is 6.92. The summed E-state index contributed by atoms with van der Waals surface area (Å²) in [6.45, 7) is 5.42. The Balaban J connectivity index is 1.57. The van der Waals surface area contributed by atoms with Crippen molar-refractivity contribution < 1.29 is 9.53 Å². The van der Waals surface area contributed by atoms with Crippen LogP contribution in [-0.4, -0.2) is 49.7 Å². The summed E-state index contributed by atoms with van der Waals surface area (Å²) in [4.78, 5) is 47.0. The van der Waals surface area contributed by atoms with E-state index >= 15 is 0 Å². The molecule has 5 rings (SSSR count). The molecule has 1 saturated carbocycles. The Hall–Kier alpha value is -3.66. The number of carbonyl (C=O) groups excluding carboxylic acids is 1. The molecule has 2 aliphatic rings. The number of anilines is 1. The van der Waals surface area contributed by atoms with Gasteiger partial charge in [0.2, 0.25) is 5.95 Å². The van der Waals surface area contributed by atoms with E-state index in [9.17, 15) is 14.4 Å². The van der Waals surface area contributed by atoms with E-state index in [0.29, 0.717) is 41.5 Å². The van der Waals surface area contributed by atoms with Crippen LogP contribution in [0.15, 0.2) is 45.5 Å². The molecule has 1 saturated heterocycles. The lowest BCUT2D eigenvalue weighted by molar-refractivity contribution is 0.0968. The maximum absolute atomic E-state index is 13.8. The molecule has 2 fully saturated rings. The van der Waals surface area contributed by atoms with Crippen LogP contribution in [0.3, 0.4) is 0 Å². The third-order valence-corrected chi connectivity index (χ3v) is 6.92. The highest BCUT2D eigenvalue weighted by atomic mass is 16.5. The number of allylic oxidation sites excluding steroid dienone is 2. The fraction of sp³-hybridized carbons (Fsp3) is 0.481. The van der Waals surface area contributed by atoms with Crippen LogP contribution in [0.2, 0.25) is 0 Å². The Kier molecular flexibility index (Phi) is 6.76. The number of ether oxygens (including phenoxy) is 1. The lowest BCUT2D eigenvalue weighted by Gasteiger charge is -2.31. The van der Waals surface area contributed by atoms with Crippen LogP contribution in [0.25, 0.3) is 11.2 Å². The Morgan fingerprint density at radius 2 is 1.97 bits per heavy atom. The number of nitrogens with zero attached hydrogens (tertiary/aromatic N) is 5. The second kappa shape index (κ2) is 10.0. The van der Waals surface area contributed by atoms with Gasteiger partial charge in [-0.15, -0.1) is 0 Å². The van der Waals surface area contributed by atoms with E-state index in [1.807, 2.05) is 30.6 Å². The summed E-state index contributed by atoms with van der Waals surface area (Å²) in [5, 5.41) is 0. The van der Waals surface area contributed by atoms with E-state index in [1.165, 1.54) is 4.57 Å². The number of aryl methyl sites for hydroxylation is 1. The van der Waals surface area contributed by atoms with E-state index in [1.54, 1.807) is 25.2 Å². The summed E-state index contributed by atoms with van der Waals surface area (Å²) in [6.07, 6.45) is 6.09. The van der Waals surface area contributed by atoms with Crippen LogP contribution in [0.4, 0.5) is 5.95 Å². The minimum atomic E-state index is -0.579.